The number of nitrogens with zero attached hydrogens (tertiary/aromatic N) is 2. The summed E-state index contributed by atoms with van der Waals surface area (Å²) in [6.07, 6.45) is 2.13. The summed E-state index contributed by atoms with van der Waals surface area (Å²) >= 11 is 0. The smallest absolute Gasteiger partial charge is 0.219 e. The van der Waals surface area contributed by atoms with E-state index in [-0.39, 0.29) is 0 Å². The van der Waals surface area contributed by atoms with Gasteiger partial charge in [-0.05, 0) is 12.8 Å². The Bertz CT molecular complexity index is 251. The van der Waals surface area contributed by atoms with E-state index in [4.69, 9.17) is 4.42 Å². The van der Waals surface area contributed by atoms with Crippen LogP contribution in [0.15, 0.2) is 4.42 Å². The monoisotopic (exact) mass is 182 g/mol. The molecular formula is C10H18N2O. The average molecular weight is 182 g/mol. The van der Waals surface area contributed by atoms with Crippen LogP contribution in [-0.4, -0.2) is 10.2 Å². The number of hydrogen-bond donors (Lipinski definition) is 0. The standard InChI is InChI=1S/C10H18N2O/c1-5-8(6-2)10-12-11-9(13-10)7(3)4/h7-8H,5-6H2,1-4H3. The molecule has 0 saturated heterocycles. The minimum absolute atomic E-state index is 0.329. The first-order chi connectivity index (χ1) is 6.19. The van der Waals surface area contributed by atoms with Gasteiger partial charge >= 0.3 is 0 Å². The van der Waals surface area contributed by atoms with E-state index in [0.717, 1.165) is 24.6 Å². The van der Waals surface area contributed by atoms with Crippen molar-refractivity contribution in [3.8, 4) is 0 Å². The van der Waals surface area contributed by atoms with Crippen LogP contribution in [-0.2, 0) is 0 Å². The lowest BCUT2D eigenvalue weighted by Crippen LogP contribution is -1.95. The molecule has 1 heterocycles. The van der Waals surface area contributed by atoms with E-state index in [1.54, 1.807) is 0 Å². The minimum atomic E-state index is 0.329. The fourth-order valence-corrected chi connectivity index (χ4v) is 1.28. The lowest BCUT2D eigenvalue weighted by molar-refractivity contribution is 0.393. The van der Waals surface area contributed by atoms with Crippen LogP contribution < -0.4 is 0 Å². The Morgan fingerprint density at radius 1 is 1.08 bits per heavy atom. The first kappa shape index (κ1) is 10.2. The van der Waals surface area contributed by atoms with Gasteiger partial charge in [0.2, 0.25) is 11.8 Å². The van der Waals surface area contributed by atoms with Crippen LogP contribution in [0.2, 0.25) is 0 Å². The zero-order valence-corrected chi connectivity index (χ0v) is 8.87. The molecule has 0 saturated carbocycles. The molecule has 0 aliphatic carbocycles. The first-order valence-electron chi connectivity index (χ1n) is 5.02. The van der Waals surface area contributed by atoms with Crippen LogP contribution >= 0.6 is 0 Å². The van der Waals surface area contributed by atoms with Crippen molar-refractivity contribution in [1.29, 1.82) is 0 Å². The molecule has 0 spiro atoms. The Balaban J connectivity index is 2.78. The molecule has 0 N–H and O–H groups in total. The van der Waals surface area contributed by atoms with Crippen LogP contribution in [0.25, 0.3) is 0 Å². The molecule has 0 atom stereocenters. The Labute approximate surface area is 79.6 Å². The van der Waals surface area contributed by atoms with Crippen molar-refractivity contribution in [3.63, 3.8) is 0 Å². The highest BCUT2D eigenvalue weighted by Crippen LogP contribution is 2.23. The third-order valence-corrected chi connectivity index (χ3v) is 2.28. The van der Waals surface area contributed by atoms with E-state index in [1.807, 2.05) is 0 Å². The van der Waals surface area contributed by atoms with Crippen LogP contribution in [0.5, 0.6) is 0 Å². The summed E-state index contributed by atoms with van der Waals surface area (Å²) in [6.45, 7) is 8.41. The SMILES string of the molecule is CCC(CC)c1nnc(C(C)C)o1. The van der Waals surface area contributed by atoms with E-state index in [9.17, 15) is 0 Å². The summed E-state index contributed by atoms with van der Waals surface area (Å²) in [4.78, 5) is 0. The van der Waals surface area contributed by atoms with Gasteiger partial charge in [0, 0.05) is 11.8 Å². The molecule has 0 fully saturated rings. The highest BCUT2D eigenvalue weighted by atomic mass is 16.4. The Kier molecular flexibility index (Phi) is 3.46. The summed E-state index contributed by atoms with van der Waals surface area (Å²) in [5.74, 6) is 2.31. The molecule has 3 heteroatoms. The second kappa shape index (κ2) is 4.40. The molecule has 0 aromatic carbocycles. The third kappa shape index (κ3) is 2.29. The molecule has 0 bridgehead atoms. The van der Waals surface area contributed by atoms with Gasteiger partial charge in [0.05, 0.1) is 0 Å². The highest BCUT2D eigenvalue weighted by molar-refractivity contribution is 4.92. The maximum absolute atomic E-state index is 5.57. The molecule has 13 heavy (non-hydrogen) atoms. The molecule has 0 unspecified atom stereocenters. The van der Waals surface area contributed by atoms with Crippen LogP contribution in [0, 0.1) is 0 Å². The molecule has 0 amide bonds. The van der Waals surface area contributed by atoms with Crippen molar-refractivity contribution in [2.24, 2.45) is 0 Å². The zero-order valence-electron chi connectivity index (χ0n) is 8.87. The zero-order chi connectivity index (χ0) is 9.84. The van der Waals surface area contributed by atoms with E-state index in [2.05, 4.69) is 37.9 Å². The van der Waals surface area contributed by atoms with E-state index in [0.29, 0.717) is 11.8 Å². The second-order valence-corrected chi connectivity index (χ2v) is 3.65. The molecule has 1 aromatic heterocycles. The largest absolute Gasteiger partial charge is 0.425 e. The second-order valence-electron chi connectivity index (χ2n) is 3.65. The van der Waals surface area contributed by atoms with Gasteiger partial charge in [-0.2, -0.15) is 0 Å². The Hall–Kier alpha value is -0.860. The lowest BCUT2D eigenvalue weighted by Gasteiger charge is -2.05. The van der Waals surface area contributed by atoms with Crippen molar-refractivity contribution in [1.82, 2.24) is 10.2 Å². The van der Waals surface area contributed by atoms with Crippen molar-refractivity contribution < 1.29 is 4.42 Å². The molecule has 0 radical (unpaired) electrons. The minimum Gasteiger partial charge on any atom is -0.425 e. The lowest BCUT2D eigenvalue weighted by atomic mass is 10.0. The van der Waals surface area contributed by atoms with Gasteiger partial charge in [0.25, 0.3) is 0 Å². The van der Waals surface area contributed by atoms with Crippen molar-refractivity contribution in [2.75, 3.05) is 0 Å². The van der Waals surface area contributed by atoms with E-state index in [1.165, 1.54) is 0 Å². The Morgan fingerprint density at radius 3 is 2.00 bits per heavy atom. The maximum atomic E-state index is 5.57. The third-order valence-electron chi connectivity index (χ3n) is 2.28. The number of aromatic nitrogens is 2. The highest BCUT2D eigenvalue weighted by Gasteiger charge is 2.16. The van der Waals surface area contributed by atoms with E-state index < -0.39 is 0 Å². The molecule has 0 aliphatic heterocycles. The molecule has 1 rings (SSSR count). The fourth-order valence-electron chi connectivity index (χ4n) is 1.28. The van der Waals surface area contributed by atoms with Crippen LogP contribution in [0.4, 0.5) is 0 Å². The molecule has 3 nitrogen and oxygen atoms in total. The Morgan fingerprint density at radius 2 is 1.62 bits per heavy atom. The topological polar surface area (TPSA) is 38.9 Å². The quantitative estimate of drug-likeness (QED) is 0.718. The van der Waals surface area contributed by atoms with Crippen LogP contribution in [0.3, 0.4) is 0 Å². The van der Waals surface area contributed by atoms with Gasteiger partial charge in [-0.15, -0.1) is 10.2 Å². The van der Waals surface area contributed by atoms with Gasteiger partial charge < -0.3 is 4.42 Å². The number of hydrogen-bond acceptors (Lipinski definition) is 3. The molecule has 74 valence electrons. The van der Waals surface area contributed by atoms with Crippen molar-refractivity contribution in [3.05, 3.63) is 11.8 Å². The molecule has 0 aliphatic rings. The van der Waals surface area contributed by atoms with E-state index >= 15 is 0 Å². The van der Waals surface area contributed by atoms with Gasteiger partial charge in [0.1, 0.15) is 0 Å². The summed E-state index contributed by atoms with van der Waals surface area (Å²) in [5, 5.41) is 8.08. The van der Waals surface area contributed by atoms with Gasteiger partial charge in [-0.25, -0.2) is 0 Å². The van der Waals surface area contributed by atoms with Gasteiger partial charge in [0.15, 0.2) is 0 Å². The predicted octanol–water partition coefficient (Wildman–Crippen LogP) is 3.10. The molecule has 1 aromatic rings. The van der Waals surface area contributed by atoms with Gasteiger partial charge in [-0.3, -0.25) is 0 Å². The van der Waals surface area contributed by atoms with Gasteiger partial charge in [-0.1, -0.05) is 27.7 Å². The molecular weight excluding hydrogens is 164 g/mol. The number of rotatable bonds is 4. The predicted molar refractivity (Wildman–Crippen MR) is 51.7 cm³/mol. The summed E-state index contributed by atoms with van der Waals surface area (Å²) in [7, 11) is 0. The fraction of sp³-hybridized carbons (Fsp3) is 0.800. The normalized spacial score (nSPS) is 11.5. The first-order valence-corrected chi connectivity index (χ1v) is 5.02. The average Bonchev–Trinajstić information content (AvgIpc) is 2.56. The van der Waals surface area contributed by atoms with Crippen molar-refractivity contribution in [2.45, 2.75) is 52.4 Å². The van der Waals surface area contributed by atoms with Crippen molar-refractivity contribution >= 4 is 0 Å². The van der Waals surface area contributed by atoms with Crippen LogP contribution in [0.1, 0.15) is 64.2 Å². The summed E-state index contributed by atoms with van der Waals surface area (Å²) < 4.78 is 5.57. The summed E-state index contributed by atoms with van der Waals surface area (Å²) in [5.41, 5.74) is 0. The summed E-state index contributed by atoms with van der Waals surface area (Å²) in [6, 6.07) is 0. The maximum Gasteiger partial charge on any atom is 0.219 e.